The maximum atomic E-state index is 13.7. The zero-order valence-electron chi connectivity index (χ0n) is 14.4. The average molecular weight is 405 g/mol. The summed E-state index contributed by atoms with van der Waals surface area (Å²) in [5.41, 5.74) is -1.08. The van der Waals surface area contributed by atoms with Crippen LogP contribution < -0.4 is 10.1 Å². The number of carbonyl (C=O) groups excluding carboxylic acids is 1. The van der Waals surface area contributed by atoms with Crippen molar-refractivity contribution < 1.29 is 18.7 Å². The first kappa shape index (κ1) is 20.3. The maximum absolute atomic E-state index is 13.7. The van der Waals surface area contributed by atoms with Crippen molar-refractivity contribution in [1.82, 2.24) is 20.5 Å². The first-order valence-corrected chi connectivity index (χ1v) is 8.45. The second-order valence-corrected chi connectivity index (χ2v) is 7.03. The molecule has 10 heteroatoms. The van der Waals surface area contributed by atoms with Crippen molar-refractivity contribution in [1.29, 1.82) is 0 Å². The molecule has 0 bridgehead atoms. The second-order valence-electron chi connectivity index (χ2n) is 6.18. The van der Waals surface area contributed by atoms with Crippen LogP contribution in [0.15, 0.2) is 24.5 Å². The van der Waals surface area contributed by atoms with Gasteiger partial charge in [0.15, 0.2) is 18.0 Å². The lowest BCUT2D eigenvalue weighted by Gasteiger charge is -2.35. The smallest absolute Gasteiger partial charge is 0.407 e. The molecule has 0 aliphatic heterocycles. The molecule has 26 heavy (non-hydrogen) atoms. The largest absolute Gasteiger partial charge is 0.477 e. The molecular formula is C16H19Cl2FN4O3. The van der Waals surface area contributed by atoms with Gasteiger partial charge in [-0.1, -0.05) is 37.0 Å². The number of rotatable bonds is 7. The van der Waals surface area contributed by atoms with Crippen molar-refractivity contribution in [2.45, 2.75) is 26.1 Å². The minimum absolute atomic E-state index is 0.249. The highest BCUT2D eigenvalue weighted by molar-refractivity contribution is 6.35. The van der Waals surface area contributed by atoms with Crippen LogP contribution in [-0.4, -0.2) is 41.1 Å². The van der Waals surface area contributed by atoms with E-state index in [0.29, 0.717) is 5.02 Å². The van der Waals surface area contributed by atoms with Crippen LogP contribution in [0, 0.1) is 5.41 Å². The van der Waals surface area contributed by atoms with E-state index < -0.39 is 30.4 Å². The number of benzene rings is 1. The first-order valence-electron chi connectivity index (χ1n) is 7.69. The molecule has 142 valence electrons. The lowest BCUT2D eigenvalue weighted by molar-refractivity contribution is -0.0609. The van der Waals surface area contributed by atoms with Gasteiger partial charge in [0.2, 0.25) is 0 Å². The van der Waals surface area contributed by atoms with Gasteiger partial charge in [-0.25, -0.2) is 9.78 Å². The predicted molar refractivity (Wildman–Crippen MR) is 95.3 cm³/mol. The molecule has 0 saturated heterocycles. The van der Waals surface area contributed by atoms with Crippen LogP contribution in [0.25, 0.3) is 0 Å². The molecule has 2 atom stereocenters. The van der Waals surface area contributed by atoms with E-state index in [4.69, 9.17) is 32.7 Å². The number of amides is 1. The Morgan fingerprint density at radius 1 is 1.42 bits per heavy atom. The number of hydrogen-bond donors (Lipinski definition) is 2. The van der Waals surface area contributed by atoms with E-state index in [1.165, 1.54) is 19.4 Å². The molecule has 0 aliphatic rings. The molecule has 7 nitrogen and oxygen atoms in total. The molecular weight excluding hydrogens is 386 g/mol. The van der Waals surface area contributed by atoms with Gasteiger partial charge in [-0.05, 0) is 18.2 Å². The summed E-state index contributed by atoms with van der Waals surface area (Å²) in [7, 11) is 1.40. The Labute approximate surface area is 160 Å². The van der Waals surface area contributed by atoms with Gasteiger partial charge in [0.1, 0.15) is 12.1 Å². The number of alkyl carbamates (subject to hydrolysis) is 1. The fourth-order valence-electron chi connectivity index (χ4n) is 2.20. The van der Waals surface area contributed by atoms with E-state index in [0.717, 1.165) is 0 Å². The van der Waals surface area contributed by atoms with E-state index in [-0.39, 0.29) is 16.6 Å². The summed E-state index contributed by atoms with van der Waals surface area (Å²) in [6.07, 6.45) is -1.48. The molecule has 1 heterocycles. The lowest BCUT2D eigenvalue weighted by atomic mass is 9.84. The van der Waals surface area contributed by atoms with Gasteiger partial charge >= 0.3 is 6.09 Å². The van der Waals surface area contributed by atoms with Crippen LogP contribution >= 0.6 is 23.2 Å². The van der Waals surface area contributed by atoms with Crippen LogP contribution in [0.3, 0.4) is 0 Å². The third-order valence-electron chi connectivity index (χ3n) is 3.68. The molecule has 2 N–H and O–H groups in total. The summed E-state index contributed by atoms with van der Waals surface area (Å²) in [6, 6.07) is 4.66. The summed E-state index contributed by atoms with van der Waals surface area (Å²) >= 11 is 12.1. The van der Waals surface area contributed by atoms with Crippen LogP contribution in [0.1, 0.15) is 25.8 Å². The van der Waals surface area contributed by atoms with Crippen molar-refractivity contribution >= 4 is 29.3 Å². The topological polar surface area (TPSA) is 89.1 Å². The fraction of sp³-hybridized carbons (Fsp3) is 0.438. The number of alkyl halides is 1. The Morgan fingerprint density at radius 3 is 2.69 bits per heavy atom. The number of nitrogens with zero attached hydrogens (tertiary/aromatic N) is 2. The fourth-order valence-corrected chi connectivity index (χ4v) is 2.66. The minimum atomic E-state index is -1.08. The monoisotopic (exact) mass is 404 g/mol. The van der Waals surface area contributed by atoms with E-state index in [1.807, 2.05) is 0 Å². The van der Waals surface area contributed by atoms with Gasteiger partial charge in [0.05, 0.1) is 11.7 Å². The second kappa shape index (κ2) is 8.55. The Kier molecular flexibility index (Phi) is 6.66. The maximum Gasteiger partial charge on any atom is 0.407 e. The molecule has 0 aliphatic carbocycles. The van der Waals surface area contributed by atoms with Gasteiger partial charge in [-0.15, -0.1) is 0 Å². The third kappa shape index (κ3) is 4.76. The molecule has 0 spiro atoms. The van der Waals surface area contributed by atoms with Crippen LogP contribution in [0.5, 0.6) is 5.75 Å². The Hall–Kier alpha value is -2.06. The SMILES string of the molecule is CNC(=O)OC(C(Oc1ccc(Cl)cc1Cl)c1ncn[nH]1)C(C)(C)CF. The molecule has 0 radical (unpaired) electrons. The molecule has 0 saturated carbocycles. The minimum Gasteiger partial charge on any atom is -0.477 e. The van der Waals surface area contributed by atoms with Crippen LogP contribution in [-0.2, 0) is 4.74 Å². The first-order chi connectivity index (χ1) is 12.3. The van der Waals surface area contributed by atoms with Gasteiger partial charge in [-0.3, -0.25) is 9.49 Å². The van der Waals surface area contributed by atoms with E-state index in [9.17, 15) is 9.18 Å². The van der Waals surface area contributed by atoms with Gasteiger partial charge in [0.25, 0.3) is 0 Å². The highest BCUT2D eigenvalue weighted by Crippen LogP contribution is 2.38. The van der Waals surface area contributed by atoms with Crippen molar-refractivity contribution in [2.75, 3.05) is 13.7 Å². The highest BCUT2D eigenvalue weighted by Gasteiger charge is 2.43. The summed E-state index contributed by atoms with van der Waals surface area (Å²) in [4.78, 5) is 15.9. The number of hydrogen-bond acceptors (Lipinski definition) is 5. The Bertz CT molecular complexity index is 743. The summed E-state index contributed by atoms with van der Waals surface area (Å²) in [5, 5.41) is 9.48. The van der Waals surface area contributed by atoms with Crippen molar-refractivity contribution in [3.63, 3.8) is 0 Å². The van der Waals surface area contributed by atoms with Crippen LogP contribution in [0.2, 0.25) is 10.0 Å². The number of nitrogens with one attached hydrogen (secondary N) is 2. The standard InChI is InChI=1S/C16H19Cl2FN4O3/c1-16(2,7-19)13(26-15(24)20-3)12(14-21-8-22-23-14)25-11-5-4-9(17)6-10(11)18/h4-6,8,12-13H,7H2,1-3H3,(H,20,24)(H,21,22,23). The van der Waals surface area contributed by atoms with Crippen molar-refractivity contribution in [3.05, 3.63) is 40.4 Å². The Balaban J connectivity index is 2.45. The zero-order chi connectivity index (χ0) is 19.3. The molecule has 1 aromatic heterocycles. The Morgan fingerprint density at radius 2 is 2.15 bits per heavy atom. The lowest BCUT2D eigenvalue weighted by Crippen LogP contribution is -2.44. The van der Waals surface area contributed by atoms with Crippen molar-refractivity contribution in [3.8, 4) is 5.75 Å². The summed E-state index contributed by atoms with van der Waals surface area (Å²) in [6.45, 7) is 2.45. The summed E-state index contributed by atoms with van der Waals surface area (Å²) in [5.74, 6) is 0.532. The molecule has 2 unspecified atom stereocenters. The molecule has 0 fully saturated rings. The summed E-state index contributed by atoms with van der Waals surface area (Å²) < 4.78 is 25.0. The predicted octanol–water partition coefficient (Wildman–Crippen LogP) is 3.95. The average Bonchev–Trinajstić information content (AvgIpc) is 3.13. The molecule has 1 aromatic carbocycles. The normalized spacial score (nSPS) is 13.8. The van der Waals surface area contributed by atoms with Gasteiger partial charge in [-0.2, -0.15) is 5.10 Å². The quantitative estimate of drug-likeness (QED) is 0.728. The number of aromatic nitrogens is 3. The molecule has 2 rings (SSSR count). The van der Waals surface area contributed by atoms with Crippen molar-refractivity contribution in [2.24, 2.45) is 5.41 Å². The number of ether oxygens (including phenoxy) is 2. The van der Waals surface area contributed by atoms with Gasteiger partial charge < -0.3 is 14.8 Å². The number of aromatic amines is 1. The van der Waals surface area contributed by atoms with E-state index in [2.05, 4.69) is 20.5 Å². The molecule has 2 aromatic rings. The van der Waals surface area contributed by atoms with E-state index >= 15 is 0 Å². The van der Waals surface area contributed by atoms with Gasteiger partial charge in [0, 0.05) is 17.5 Å². The zero-order valence-corrected chi connectivity index (χ0v) is 15.9. The van der Waals surface area contributed by atoms with E-state index in [1.54, 1.807) is 26.0 Å². The number of H-pyrrole nitrogens is 1. The van der Waals surface area contributed by atoms with Crippen LogP contribution in [0.4, 0.5) is 9.18 Å². The third-order valence-corrected chi connectivity index (χ3v) is 4.21. The highest BCUT2D eigenvalue weighted by atomic mass is 35.5. The number of halogens is 3. The molecule has 1 amide bonds. The number of carbonyl (C=O) groups is 1.